The van der Waals surface area contributed by atoms with Gasteiger partial charge in [-0.1, -0.05) is 11.5 Å². The fraction of sp³-hybridized carbons (Fsp3) is 0.684. The lowest BCUT2D eigenvalue weighted by molar-refractivity contribution is -0.158. The van der Waals surface area contributed by atoms with Crippen molar-refractivity contribution in [2.45, 2.75) is 69.3 Å². The molecule has 1 unspecified atom stereocenters. The molecule has 0 saturated carbocycles. The highest BCUT2D eigenvalue weighted by atomic mass is 32.2. The van der Waals surface area contributed by atoms with Crippen LogP contribution in [0, 0.1) is 5.82 Å². The SMILES string of the molecule is CC(C)(O)C(C)(C)O[B]c1ccc(SCCOC2CCCCO2)c(F)c1. The molecule has 1 radical (unpaired) electrons. The van der Waals surface area contributed by atoms with E-state index in [9.17, 15) is 9.50 Å². The summed E-state index contributed by atoms with van der Waals surface area (Å²) in [7, 11) is 1.49. The normalized spacial score (nSPS) is 18.8. The number of halogens is 1. The summed E-state index contributed by atoms with van der Waals surface area (Å²) in [5.41, 5.74) is -1.17. The Morgan fingerprint density at radius 3 is 2.69 bits per heavy atom. The molecule has 0 aromatic heterocycles. The van der Waals surface area contributed by atoms with Gasteiger partial charge in [0, 0.05) is 17.3 Å². The van der Waals surface area contributed by atoms with Crippen molar-refractivity contribution in [3.05, 3.63) is 24.0 Å². The van der Waals surface area contributed by atoms with Crippen LogP contribution in [-0.2, 0) is 14.1 Å². The molecule has 1 saturated heterocycles. The lowest BCUT2D eigenvalue weighted by Crippen LogP contribution is -2.49. The molecule has 1 aromatic rings. The first-order chi connectivity index (χ1) is 12.2. The van der Waals surface area contributed by atoms with Crippen molar-refractivity contribution < 1.29 is 23.6 Å². The van der Waals surface area contributed by atoms with E-state index in [1.807, 2.05) is 0 Å². The molecule has 1 aromatic carbocycles. The maximum absolute atomic E-state index is 14.3. The predicted octanol–water partition coefficient (Wildman–Crippen LogP) is 3.27. The van der Waals surface area contributed by atoms with Gasteiger partial charge in [0.25, 0.3) is 0 Å². The summed E-state index contributed by atoms with van der Waals surface area (Å²) in [4.78, 5) is 0.581. The van der Waals surface area contributed by atoms with Crippen LogP contribution < -0.4 is 5.46 Å². The number of hydrogen-bond donors (Lipinski definition) is 1. The van der Waals surface area contributed by atoms with Crippen LogP contribution in [0.1, 0.15) is 47.0 Å². The minimum atomic E-state index is -1.01. The van der Waals surface area contributed by atoms with Gasteiger partial charge in [0.15, 0.2) is 6.29 Å². The molecule has 0 aliphatic carbocycles. The Kier molecular flexibility index (Phi) is 7.98. The van der Waals surface area contributed by atoms with E-state index in [1.54, 1.807) is 39.8 Å². The third kappa shape index (κ3) is 6.53. The van der Waals surface area contributed by atoms with E-state index in [4.69, 9.17) is 14.1 Å². The average molecular weight is 383 g/mol. The van der Waals surface area contributed by atoms with Crippen LogP contribution in [-0.4, -0.2) is 49.0 Å². The summed E-state index contributed by atoms with van der Waals surface area (Å²) in [6.07, 6.45) is 3.06. The molecule has 1 aliphatic heterocycles. The fourth-order valence-electron chi connectivity index (χ4n) is 2.24. The van der Waals surface area contributed by atoms with Gasteiger partial charge in [-0.25, -0.2) is 4.39 Å². The first-order valence-electron chi connectivity index (χ1n) is 9.08. The highest BCUT2D eigenvalue weighted by molar-refractivity contribution is 7.99. The molecule has 26 heavy (non-hydrogen) atoms. The molecule has 4 nitrogen and oxygen atoms in total. The third-order valence-corrected chi connectivity index (χ3v) is 5.71. The topological polar surface area (TPSA) is 47.9 Å². The Morgan fingerprint density at radius 2 is 2.08 bits per heavy atom. The molecule has 145 valence electrons. The highest BCUT2D eigenvalue weighted by Gasteiger charge is 2.35. The second kappa shape index (κ2) is 9.56. The summed E-state index contributed by atoms with van der Waals surface area (Å²) < 4.78 is 31.1. The van der Waals surface area contributed by atoms with E-state index in [-0.39, 0.29) is 12.1 Å². The van der Waals surface area contributed by atoms with Crippen molar-refractivity contribution in [1.82, 2.24) is 0 Å². The van der Waals surface area contributed by atoms with Crippen molar-refractivity contribution in [2.24, 2.45) is 0 Å². The maximum atomic E-state index is 14.3. The average Bonchev–Trinajstić information content (AvgIpc) is 2.58. The van der Waals surface area contributed by atoms with Gasteiger partial charge in [-0.15, -0.1) is 11.8 Å². The van der Waals surface area contributed by atoms with Gasteiger partial charge in [0.05, 0.1) is 17.8 Å². The smallest absolute Gasteiger partial charge is 0.331 e. The van der Waals surface area contributed by atoms with Crippen molar-refractivity contribution in [3.63, 3.8) is 0 Å². The van der Waals surface area contributed by atoms with Gasteiger partial charge >= 0.3 is 7.48 Å². The number of thioether (sulfide) groups is 1. The molecule has 1 aliphatic rings. The monoisotopic (exact) mass is 383 g/mol. The zero-order valence-electron chi connectivity index (χ0n) is 16.1. The van der Waals surface area contributed by atoms with Crippen LogP contribution in [0.2, 0.25) is 0 Å². The van der Waals surface area contributed by atoms with Crippen LogP contribution in [0.3, 0.4) is 0 Å². The van der Waals surface area contributed by atoms with Crippen LogP contribution in [0.15, 0.2) is 23.1 Å². The molecule has 2 rings (SSSR count). The summed E-state index contributed by atoms with van der Waals surface area (Å²) in [5, 5.41) is 10.1. The van der Waals surface area contributed by atoms with Crippen molar-refractivity contribution in [1.29, 1.82) is 0 Å². The molecule has 1 N–H and O–H groups in total. The zero-order chi connectivity index (χ0) is 19.2. The zero-order valence-corrected chi connectivity index (χ0v) is 16.9. The van der Waals surface area contributed by atoms with Crippen molar-refractivity contribution >= 4 is 24.7 Å². The van der Waals surface area contributed by atoms with Gasteiger partial charge in [0.1, 0.15) is 5.82 Å². The van der Waals surface area contributed by atoms with Crippen molar-refractivity contribution in [2.75, 3.05) is 19.0 Å². The van der Waals surface area contributed by atoms with Crippen LogP contribution >= 0.6 is 11.8 Å². The number of aliphatic hydroxyl groups is 1. The van der Waals surface area contributed by atoms with Gasteiger partial charge in [-0.3, -0.25) is 0 Å². The van der Waals surface area contributed by atoms with E-state index in [1.165, 1.54) is 25.3 Å². The summed E-state index contributed by atoms with van der Waals surface area (Å²) >= 11 is 1.42. The summed E-state index contributed by atoms with van der Waals surface area (Å²) in [5.74, 6) is 0.379. The Bertz CT molecular complexity index is 571. The van der Waals surface area contributed by atoms with E-state index in [0.29, 0.717) is 22.7 Å². The number of ether oxygens (including phenoxy) is 2. The summed E-state index contributed by atoms with van der Waals surface area (Å²) in [6, 6.07) is 4.98. The van der Waals surface area contributed by atoms with Gasteiger partial charge in [-0.05, 0) is 59.1 Å². The van der Waals surface area contributed by atoms with E-state index in [2.05, 4.69) is 0 Å². The Morgan fingerprint density at radius 1 is 1.31 bits per heavy atom. The number of benzene rings is 1. The Balaban J connectivity index is 1.77. The molecular weight excluding hydrogens is 354 g/mol. The minimum absolute atomic E-state index is 0.109. The van der Waals surface area contributed by atoms with Crippen molar-refractivity contribution in [3.8, 4) is 0 Å². The second-order valence-electron chi connectivity index (χ2n) is 7.51. The van der Waals surface area contributed by atoms with Crippen LogP contribution in [0.5, 0.6) is 0 Å². The molecule has 0 bridgehead atoms. The largest absolute Gasteiger partial charge is 0.427 e. The van der Waals surface area contributed by atoms with Gasteiger partial charge in [-0.2, -0.15) is 0 Å². The van der Waals surface area contributed by atoms with E-state index < -0.39 is 11.2 Å². The molecule has 7 heteroatoms. The number of hydrogen-bond acceptors (Lipinski definition) is 5. The predicted molar refractivity (Wildman–Crippen MR) is 104 cm³/mol. The molecule has 0 spiro atoms. The van der Waals surface area contributed by atoms with Crippen LogP contribution in [0.4, 0.5) is 4.39 Å². The molecular formula is C19H29BFO4S. The first-order valence-corrected chi connectivity index (χ1v) is 10.1. The third-order valence-electron chi connectivity index (χ3n) is 4.70. The van der Waals surface area contributed by atoms with E-state index >= 15 is 0 Å². The summed E-state index contributed by atoms with van der Waals surface area (Å²) in [6.45, 7) is 8.24. The van der Waals surface area contributed by atoms with Gasteiger partial charge < -0.3 is 19.2 Å². The minimum Gasteiger partial charge on any atom is -0.427 e. The molecule has 0 amide bonds. The quantitative estimate of drug-likeness (QED) is 0.403. The van der Waals surface area contributed by atoms with Crippen LogP contribution in [0.25, 0.3) is 0 Å². The molecule has 1 atom stereocenters. The maximum Gasteiger partial charge on any atom is 0.331 e. The fourth-order valence-corrected chi connectivity index (χ4v) is 3.00. The number of rotatable bonds is 9. The Hall–Kier alpha value is -0.595. The molecule has 1 heterocycles. The van der Waals surface area contributed by atoms with Gasteiger partial charge in [0.2, 0.25) is 0 Å². The first kappa shape index (κ1) is 21.7. The lowest BCUT2D eigenvalue weighted by Gasteiger charge is -2.37. The Labute approximate surface area is 161 Å². The lowest BCUT2D eigenvalue weighted by atomic mass is 9.82. The second-order valence-corrected chi connectivity index (χ2v) is 8.65. The standard InChI is InChI=1S/C19H29BFO4S/c1-18(2,22)19(3,4)25-20-14-8-9-16(15(21)13-14)26-12-11-24-17-7-5-6-10-23-17/h8-9,13,17,22H,5-7,10-12H2,1-4H3. The van der Waals surface area contributed by atoms with E-state index in [0.717, 1.165) is 25.9 Å². The highest BCUT2D eigenvalue weighted by Crippen LogP contribution is 2.25. The molecule has 1 fully saturated rings.